The molecule has 0 radical (unpaired) electrons. The second kappa shape index (κ2) is 7.65. The Labute approximate surface area is 122 Å². The fourth-order valence-corrected chi connectivity index (χ4v) is 2.55. The first kappa shape index (κ1) is 18.9. The van der Waals surface area contributed by atoms with Crippen molar-refractivity contribution in [3.05, 3.63) is 0 Å². The molecule has 1 N–H and O–H groups in total. The molecule has 4 heteroatoms. The average Bonchev–Trinajstić information content (AvgIpc) is 2.30. The van der Waals surface area contributed by atoms with Crippen molar-refractivity contribution < 1.29 is 19.4 Å². The lowest BCUT2D eigenvalue weighted by atomic mass is 9.71. The van der Waals surface area contributed by atoms with Gasteiger partial charge in [-0.2, -0.15) is 0 Å². The molecule has 0 aliphatic carbocycles. The summed E-state index contributed by atoms with van der Waals surface area (Å²) in [5, 5.41) is 9.64. The first-order valence-electron chi connectivity index (χ1n) is 7.53. The Morgan fingerprint density at radius 1 is 1.10 bits per heavy atom. The maximum Gasteiger partial charge on any atom is 0.324 e. The van der Waals surface area contributed by atoms with Gasteiger partial charge in [-0.1, -0.05) is 48.5 Å². The van der Waals surface area contributed by atoms with Gasteiger partial charge in [0.2, 0.25) is 0 Å². The van der Waals surface area contributed by atoms with Crippen LogP contribution in [0, 0.1) is 23.2 Å². The number of carboxylic acid groups (broad SMARTS) is 1. The average molecular weight is 286 g/mol. The summed E-state index contributed by atoms with van der Waals surface area (Å²) in [6.07, 6.45) is 0.763. The van der Waals surface area contributed by atoms with Crippen LogP contribution < -0.4 is 0 Å². The Kier molecular flexibility index (Phi) is 7.25. The van der Waals surface area contributed by atoms with Gasteiger partial charge in [0.25, 0.3) is 0 Å². The van der Waals surface area contributed by atoms with Crippen LogP contribution in [0.3, 0.4) is 0 Å². The molecular formula is C16H30O4. The van der Waals surface area contributed by atoms with Gasteiger partial charge in [0.05, 0.1) is 0 Å². The summed E-state index contributed by atoms with van der Waals surface area (Å²) in [6.45, 7) is 13.3. The van der Waals surface area contributed by atoms with E-state index in [1.807, 2.05) is 34.6 Å². The molecule has 0 rings (SSSR count). The van der Waals surface area contributed by atoms with Crippen molar-refractivity contribution in [1.29, 1.82) is 0 Å². The van der Waals surface area contributed by atoms with Gasteiger partial charge in [0, 0.05) is 0 Å². The Balaban J connectivity index is 5.41. The molecule has 0 bridgehead atoms. The molecule has 0 heterocycles. The largest absolute Gasteiger partial charge is 0.480 e. The zero-order valence-corrected chi connectivity index (χ0v) is 13.9. The predicted molar refractivity (Wildman–Crippen MR) is 79.4 cm³/mol. The number of aliphatic carboxylic acids is 1. The van der Waals surface area contributed by atoms with Crippen LogP contribution in [-0.2, 0) is 14.3 Å². The van der Waals surface area contributed by atoms with Crippen LogP contribution in [-0.4, -0.2) is 23.1 Å². The summed E-state index contributed by atoms with van der Waals surface area (Å²) < 4.78 is 5.53. The summed E-state index contributed by atoms with van der Waals surface area (Å²) in [7, 11) is 0. The highest BCUT2D eigenvalue weighted by molar-refractivity contribution is 5.99. The topological polar surface area (TPSA) is 63.6 Å². The molecule has 20 heavy (non-hydrogen) atoms. The van der Waals surface area contributed by atoms with Crippen molar-refractivity contribution >= 4 is 11.9 Å². The van der Waals surface area contributed by atoms with Crippen molar-refractivity contribution in [2.75, 3.05) is 0 Å². The van der Waals surface area contributed by atoms with E-state index in [-0.39, 0.29) is 23.9 Å². The molecule has 0 aliphatic heterocycles. The number of rotatable bonds is 8. The SMILES string of the molecule is CCC(OC(=O)C(CC(C)C)(C(=O)O)C(C)C)C(C)C. The Bertz CT molecular complexity index is 333. The second-order valence-corrected chi connectivity index (χ2v) is 6.63. The van der Waals surface area contributed by atoms with E-state index in [0.29, 0.717) is 12.8 Å². The highest BCUT2D eigenvalue weighted by Gasteiger charge is 2.51. The van der Waals surface area contributed by atoms with Gasteiger partial charge in [-0.05, 0) is 30.6 Å². The predicted octanol–water partition coefficient (Wildman–Crippen LogP) is 3.74. The van der Waals surface area contributed by atoms with Crippen LogP contribution in [0.4, 0.5) is 0 Å². The lowest BCUT2D eigenvalue weighted by Gasteiger charge is -2.34. The van der Waals surface area contributed by atoms with Crippen LogP contribution >= 0.6 is 0 Å². The summed E-state index contributed by atoms with van der Waals surface area (Å²) in [6, 6.07) is 0. The molecule has 0 aromatic heterocycles. The van der Waals surface area contributed by atoms with Crippen molar-refractivity contribution in [3.8, 4) is 0 Å². The van der Waals surface area contributed by atoms with Crippen LogP contribution in [0.1, 0.15) is 61.3 Å². The van der Waals surface area contributed by atoms with E-state index < -0.39 is 17.4 Å². The zero-order chi connectivity index (χ0) is 16.1. The van der Waals surface area contributed by atoms with E-state index in [1.165, 1.54) is 0 Å². The Morgan fingerprint density at radius 2 is 1.60 bits per heavy atom. The highest BCUT2D eigenvalue weighted by Crippen LogP contribution is 2.37. The third-order valence-electron chi connectivity index (χ3n) is 3.87. The molecule has 0 aromatic rings. The van der Waals surface area contributed by atoms with E-state index in [4.69, 9.17) is 4.74 Å². The minimum atomic E-state index is -1.45. The fourth-order valence-electron chi connectivity index (χ4n) is 2.55. The molecule has 2 atom stereocenters. The number of carboxylic acids is 1. The molecule has 0 fully saturated rings. The first-order valence-corrected chi connectivity index (χ1v) is 7.53. The molecule has 0 aromatic carbocycles. The van der Waals surface area contributed by atoms with Crippen LogP contribution in [0.2, 0.25) is 0 Å². The smallest absolute Gasteiger partial charge is 0.324 e. The lowest BCUT2D eigenvalue weighted by molar-refractivity contribution is -0.179. The van der Waals surface area contributed by atoms with Gasteiger partial charge in [-0.15, -0.1) is 0 Å². The molecule has 0 amide bonds. The fraction of sp³-hybridized carbons (Fsp3) is 0.875. The number of hydrogen-bond acceptors (Lipinski definition) is 3. The number of esters is 1. The first-order chi connectivity index (χ1) is 9.09. The molecule has 0 aliphatic rings. The quantitative estimate of drug-likeness (QED) is 0.545. The minimum Gasteiger partial charge on any atom is -0.480 e. The van der Waals surface area contributed by atoms with Gasteiger partial charge in [-0.25, -0.2) is 0 Å². The Morgan fingerprint density at radius 3 is 1.85 bits per heavy atom. The maximum atomic E-state index is 12.6. The number of carbonyl (C=O) groups is 2. The number of carbonyl (C=O) groups excluding carboxylic acids is 1. The minimum absolute atomic E-state index is 0.111. The van der Waals surface area contributed by atoms with E-state index in [1.54, 1.807) is 13.8 Å². The van der Waals surface area contributed by atoms with Crippen molar-refractivity contribution in [2.24, 2.45) is 23.2 Å². The van der Waals surface area contributed by atoms with Crippen LogP contribution in [0.5, 0.6) is 0 Å². The molecular weight excluding hydrogens is 256 g/mol. The van der Waals surface area contributed by atoms with E-state index in [9.17, 15) is 14.7 Å². The van der Waals surface area contributed by atoms with Crippen LogP contribution in [0.25, 0.3) is 0 Å². The van der Waals surface area contributed by atoms with E-state index in [2.05, 4.69) is 0 Å². The van der Waals surface area contributed by atoms with Crippen molar-refractivity contribution in [2.45, 2.75) is 67.4 Å². The summed E-state index contributed by atoms with van der Waals surface area (Å²) in [5.41, 5.74) is -1.45. The molecule has 0 saturated heterocycles. The van der Waals surface area contributed by atoms with E-state index in [0.717, 1.165) is 0 Å². The summed E-state index contributed by atoms with van der Waals surface area (Å²) in [4.78, 5) is 24.3. The van der Waals surface area contributed by atoms with Crippen LogP contribution in [0.15, 0.2) is 0 Å². The molecule has 0 saturated carbocycles. The molecule has 2 unspecified atom stereocenters. The highest BCUT2D eigenvalue weighted by atomic mass is 16.5. The molecule has 0 spiro atoms. The Hall–Kier alpha value is -1.06. The molecule has 118 valence electrons. The summed E-state index contributed by atoms with van der Waals surface area (Å²) >= 11 is 0. The summed E-state index contributed by atoms with van der Waals surface area (Å²) in [5.74, 6) is -1.68. The second-order valence-electron chi connectivity index (χ2n) is 6.63. The van der Waals surface area contributed by atoms with Gasteiger partial charge < -0.3 is 9.84 Å². The third kappa shape index (κ3) is 4.22. The lowest BCUT2D eigenvalue weighted by Crippen LogP contribution is -2.47. The van der Waals surface area contributed by atoms with Gasteiger partial charge in [0.15, 0.2) is 5.41 Å². The van der Waals surface area contributed by atoms with E-state index >= 15 is 0 Å². The third-order valence-corrected chi connectivity index (χ3v) is 3.87. The van der Waals surface area contributed by atoms with Gasteiger partial charge in [-0.3, -0.25) is 9.59 Å². The van der Waals surface area contributed by atoms with Crippen molar-refractivity contribution in [3.63, 3.8) is 0 Å². The zero-order valence-electron chi connectivity index (χ0n) is 13.9. The maximum absolute atomic E-state index is 12.6. The number of ether oxygens (including phenoxy) is 1. The van der Waals surface area contributed by atoms with Gasteiger partial charge in [0.1, 0.15) is 6.10 Å². The normalized spacial score (nSPS) is 16.3. The monoisotopic (exact) mass is 286 g/mol. The standard InChI is InChI=1S/C16H30O4/c1-8-13(11(4)5)20-15(19)16(12(6)7,14(17)18)9-10(2)3/h10-13H,8-9H2,1-7H3,(H,17,18). The molecule has 4 nitrogen and oxygen atoms in total. The number of hydrogen-bond donors (Lipinski definition) is 1. The van der Waals surface area contributed by atoms with Crippen molar-refractivity contribution in [1.82, 2.24) is 0 Å². The van der Waals surface area contributed by atoms with Gasteiger partial charge >= 0.3 is 11.9 Å².